The fourth-order valence-corrected chi connectivity index (χ4v) is 5.60. The molecule has 1 aliphatic carbocycles. The summed E-state index contributed by atoms with van der Waals surface area (Å²) in [5.74, 6) is -0.667. The van der Waals surface area contributed by atoms with Crippen molar-refractivity contribution < 1.29 is 33.3 Å². The van der Waals surface area contributed by atoms with Gasteiger partial charge >= 0.3 is 18.0 Å². The Morgan fingerprint density at radius 1 is 1.04 bits per heavy atom. The molecule has 45 heavy (non-hydrogen) atoms. The third-order valence-corrected chi connectivity index (χ3v) is 7.43. The van der Waals surface area contributed by atoms with Crippen LogP contribution in [0.3, 0.4) is 0 Å². The molecule has 0 bridgehead atoms. The van der Waals surface area contributed by atoms with Crippen molar-refractivity contribution in [1.29, 1.82) is 0 Å². The maximum Gasteiger partial charge on any atom is 0.407 e. The highest BCUT2D eigenvalue weighted by Crippen LogP contribution is 2.42. The molecule has 18 heteroatoms. The largest absolute Gasteiger partial charge is 0.455 e. The molecule has 3 aromatic heterocycles. The highest BCUT2D eigenvalue weighted by molar-refractivity contribution is 6.28. The number of tetrazole rings is 1. The Morgan fingerprint density at radius 2 is 1.71 bits per heavy atom. The summed E-state index contributed by atoms with van der Waals surface area (Å²) >= 11 is 6.38. The van der Waals surface area contributed by atoms with E-state index in [-0.39, 0.29) is 23.2 Å². The number of hydrogen-bond donors (Lipinski definition) is 2. The zero-order chi connectivity index (χ0) is 32.5. The molecule has 1 aliphatic heterocycles. The number of carbonyl (C=O) groups is 3. The summed E-state index contributed by atoms with van der Waals surface area (Å²) in [7, 11) is 0. The SMILES string of the molecule is CCn1nnc([C@H]2O[C@@H](n3cnc4c(N[C@H]5CC[C@H](NC(=O)OC(C)(C)C)CC5)nc(Cl)nc43)[C@H](OC(C)=O)[C@@H]2OC(C)=O)n1. The standard InChI is InChI=1S/C27H37ClN10O7/c1-7-38-35-22(34-36-38)19-18(42-13(2)39)20(43-14(3)40)24(44-19)37-12-29-17-21(32-25(28)33-23(17)37)30-15-8-10-16(11-9-15)31-26(41)45-27(4,5)6/h12,15-16,18-20,24H,7-11H2,1-6H3,(H,31,41)(H,30,32,33)/t15-,16-,18-,19+,20-,24-/m1/s1. The number of rotatable bonds is 8. The van der Waals surface area contributed by atoms with E-state index in [1.54, 1.807) is 4.57 Å². The summed E-state index contributed by atoms with van der Waals surface area (Å²) in [4.78, 5) is 51.2. The molecule has 0 spiro atoms. The van der Waals surface area contributed by atoms with E-state index >= 15 is 0 Å². The van der Waals surface area contributed by atoms with Gasteiger partial charge in [-0.25, -0.2) is 9.78 Å². The molecular formula is C27H37ClN10O7. The zero-order valence-corrected chi connectivity index (χ0v) is 26.6. The molecule has 1 amide bonds. The first-order chi connectivity index (χ1) is 21.3. The Labute approximate surface area is 263 Å². The van der Waals surface area contributed by atoms with E-state index in [0.29, 0.717) is 23.5 Å². The average molecular weight is 649 g/mol. The lowest BCUT2D eigenvalue weighted by molar-refractivity contribution is -0.165. The van der Waals surface area contributed by atoms with E-state index in [1.807, 2.05) is 27.7 Å². The summed E-state index contributed by atoms with van der Waals surface area (Å²) in [6.07, 6.45) is -0.250. The van der Waals surface area contributed by atoms with Gasteiger partial charge in [0.2, 0.25) is 11.1 Å². The number of hydrogen-bond acceptors (Lipinski definition) is 14. The number of anilines is 1. The number of nitrogens with zero attached hydrogens (tertiary/aromatic N) is 8. The molecule has 1 saturated carbocycles. The number of fused-ring (bicyclic) bond motifs is 1. The first-order valence-electron chi connectivity index (χ1n) is 14.7. The van der Waals surface area contributed by atoms with Crippen molar-refractivity contribution in [2.24, 2.45) is 0 Å². The van der Waals surface area contributed by atoms with Gasteiger partial charge in [-0.1, -0.05) is 0 Å². The molecule has 244 valence electrons. The molecule has 2 aliphatic rings. The number of ether oxygens (including phenoxy) is 4. The first kappa shape index (κ1) is 32.3. The molecule has 2 N–H and O–H groups in total. The highest BCUT2D eigenvalue weighted by atomic mass is 35.5. The maximum atomic E-state index is 12.2. The lowest BCUT2D eigenvalue weighted by Crippen LogP contribution is -2.42. The normalized spacial score (nSPS) is 25.1. The number of esters is 2. The van der Waals surface area contributed by atoms with Crippen LogP contribution in [0.5, 0.6) is 0 Å². The van der Waals surface area contributed by atoms with Crippen LogP contribution in [0.1, 0.15) is 85.4 Å². The van der Waals surface area contributed by atoms with Gasteiger partial charge in [0.15, 0.2) is 41.5 Å². The molecule has 4 heterocycles. The minimum absolute atomic E-state index is 0.00429. The van der Waals surface area contributed by atoms with Gasteiger partial charge in [-0.05, 0) is 70.2 Å². The van der Waals surface area contributed by atoms with Crippen molar-refractivity contribution in [2.45, 2.75) is 116 Å². The van der Waals surface area contributed by atoms with Gasteiger partial charge in [-0.3, -0.25) is 14.2 Å². The van der Waals surface area contributed by atoms with Gasteiger partial charge in [0, 0.05) is 25.9 Å². The van der Waals surface area contributed by atoms with Crippen LogP contribution < -0.4 is 10.6 Å². The Morgan fingerprint density at radius 3 is 2.33 bits per heavy atom. The quantitative estimate of drug-likeness (QED) is 0.205. The Balaban J connectivity index is 1.38. The van der Waals surface area contributed by atoms with E-state index < -0.39 is 48.2 Å². The van der Waals surface area contributed by atoms with Crippen LogP contribution in [-0.2, 0) is 35.1 Å². The van der Waals surface area contributed by atoms with Crippen LogP contribution in [0.4, 0.5) is 10.6 Å². The number of halogens is 1. The highest BCUT2D eigenvalue weighted by Gasteiger charge is 2.53. The maximum absolute atomic E-state index is 12.2. The average Bonchev–Trinajstić information content (AvgIpc) is 3.66. The van der Waals surface area contributed by atoms with Gasteiger partial charge in [0.1, 0.15) is 5.60 Å². The van der Waals surface area contributed by atoms with Crippen molar-refractivity contribution in [3.8, 4) is 0 Å². The smallest absolute Gasteiger partial charge is 0.407 e. The lowest BCUT2D eigenvalue weighted by atomic mass is 9.91. The number of aryl methyl sites for hydroxylation is 1. The minimum Gasteiger partial charge on any atom is -0.455 e. The van der Waals surface area contributed by atoms with E-state index in [4.69, 9.17) is 30.5 Å². The molecule has 2 fully saturated rings. The number of aromatic nitrogens is 8. The molecule has 4 atom stereocenters. The van der Waals surface area contributed by atoms with E-state index in [2.05, 4.69) is 41.0 Å². The Hall–Kier alpha value is -4.12. The third kappa shape index (κ3) is 7.58. The summed E-state index contributed by atoms with van der Waals surface area (Å²) in [6.45, 7) is 10.2. The van der Waals surface area contributed by atoms with Crippen LogP contribution in [0.15, 0.2) is 6.33 Å². The number of nitrogens with one attached hydrogen (secondary N) is 2. The number of alkyl carbamates (subject to hydrolysis) is 1. The van der Waals surface area contributed by atoms with Crippen molar-refractivity contribution in [1.82, 2.24) is 45.0 Å². The summed E-state index contributed by atoms with van der Waals surface area (Å²) in [5, 5.41) is 18.7. The van der Waals surface area contributed by atoms with Gasteiger partial charge in [-0.2, -0.15) is 14.8 Å². The van der Waals surface area contributed by atoms with E-state index in [1.165, 1.54) is 25.0 Å². The summed E-state index contributed by atoms with van der Waals surface area (Å²) < 4.78 is 24.5. The third-order valence-electron chi connectivity index (χ3n) is 7.26. The van der Waals surface area contributed by atoms with Gasteiger partial charge in [-0.15, -0.1) is 10.2 Å². The second-order valence-electron chi connectivity index (χ2n) is 11.9. The summed E-state index contributed by atoms with van der Waals surface area (Å²) in [5.41, 5.74) is 0.133. The molecule has 0 unspecified atom stereocenters. The molecule has 0 aromatic carbocycles. The molecule has 1 saturated heterocycles. The van der Waals surface area contributed by atoms with Crippen molar-refractivity contribution in [3.63, 3.8) is 0 Å². The number of amides is 1. The van der Waals surface area contributed by atoms with Crippen LogP contribution in [-0.4, -0.2) is 87.7 Å². The van der Waals surface area contributed by atoms with Crippen LogP contribution >= 0.6 is 11.6 Å². The second-order valence-corrected chi connectivity index (χ2v) is 12.3. The molecule has 5 rings (SSSR count). The van der Waals surface area contributed by atoms with Crippen LogP contribution in [0, 0.1) is 0 Å². The van der Waals surface area contributed by atoms with Crippen LogP contribution in [0.25, 0.3) is 11.2 Å². The van der Waals surface area contributed by atoms with Crippen LogP contribution in [0.2, 0.25) is 5.28 Å². The van der Waals surface area contributed by atoms with Gasteiger partial charge in [0.05, 0.1) is 12.9 Å². The van der Waals surface area contributed by atoms with Crippen molar-refractivity contribution in [2.75, 3.05) is 5.32 Å². The predicted octanol–water partition coefficient (Wildman–Crippen LogP) is 2.87. The Kier molecular flexibility index (Phi) is 9.38. The zero-order valence-electron chi connectivity index (χ0n) is 25.9. The molecule has 3 aromatic rings. The molecule has 0 radical (unpaired) electrons. The monoisotopic (exact) mass is 648 g/mol. The molecular weight excluding hydrogens is 612 g/mol. The second kappa shape index (κ2) is 13.1. The topological polar surface area (TPSA) is 199 Å². The minimum atomic E-state index is -1.11. The fraction of sp³-hybridized carbons (Fsp3) is 0.667. The van der Waals surface area contributed by atoms with E-state index in [9.17, 15) is 14.4 Å². The first-order valence-corrected chi connectivity index (χ1v) is 15.1. The Bertz CT molecular complexity index is 1550. The van der Waals surface area contributed by atoms with E-state index in [0.717, 1.165) is 25.7 Å². The van der Waals surface area contributed by atoms with Crippen molar-refractivity contribution in [3.05, 3.63) is 17.4 Å². The van der Waals surface area contributed by atoms with Gasteiger partial charge < -0.3 is 29.6 Å². The fourth-order valence-electron chi connectivity index (χ4n) is 5.44. The lowest BCUT2D eigenvalue weighted by Gasteiger charge is -2.30. The molecule has 17 nitrogen and oxygen atoms in total. The van der Waals surface area contributed by atoms with Gasteiger partial charge in [0.25, 0.3) is 0 Å². The number of carbonyl (C=O) groups excluding carboxylic acids is 3. The predicted molar refractivity (Wildman–Crippen MR) is 157 cm³/mol. The summed E-state index contributed by atoms with van der Waals surface area (Å²) in [6, 6.07) is 0.0258. The number of imidazole rings is 1. The van der Waals surface area contributed by atoms with Crippen molar-refractivity contribution >= 4 is 46.6 Å².